The van der Waals surface area contributed by atoms with Crippen LogP contribution in [0, 0.1) is 11.5 Å². The van der Waals surface area contributed by atoms with Crippen molar-refractivity contribution in [3.05, 3.63) is 34.8 Å². The molecule has 6 heteroatoms. The van der Waals surface area contributed by atoms with E-state index in [9.17, 15) is 0 Å². The fraction of sp³-hybridized carbons (Fsp3) is 0.154. The zero-order valence-corrected chi connectivity index (χ0v) is 12.0. The molecule has 96 valence electrons. The van der Waals surface area contributed by atoms with Crippen molar-refractivity contribution in [2.24, 2.45) is 0 Å². The fourth-order valence-electron chi connectivity index (χ4n) is 1.58. The molecule has 0 amide bonds. The van der Waals surface area contributed by atoms with E-state index in [2.05, 4.69) is 26.1 Å². The normalized spacial score (nSPS) is 9.79. The highest BCUT2D eigenvalue weighted by molar-refractivity contribution is 9.10. The van der Waals surface area contributed by atoms with Crippen molar-refractivity contribution in [2.75, 3.05) is 19.1 Å². The van der Waals surface area contributed by atoms with E-state index in [1.807, 2.05) is 24.4 Å². The lowest BCUT2D eigenvalue weighted by Crippen LogP contribution is -2.10. The van der Waals surface area contributed by atoms with Gasteiger partial charge in [-0.1, -0.05) is 15.9 Å². The zero-order valence-electron chi connectivity index (χ0n) is 10.5. The number of nitriles is 1. The first-order valence-electron chi connectivity index (χ1n) is 5.47. The molecule has 0 aliphatic heterocycles. The molecule has 0 atom stereocenters. The molecule has 0 saturated heterocycles. The van der Waals surface area contributed by atoms with E-state index < -0.39 is 0 Å². The molecule has 19 heavy (non-hydrogen) atoms. The maximum absolute atomic E-state index is 8.78. The number of nitrogens with zero attached hydrogens (tertiary/aromatic N) is 4. The van der Waals surface area contributed by atoms with Crippen LogP contribution in [0.25, 0.3) is 11.3 Å². The van der Waals surface area contributed by atoms with Gasteiger partial charge < -0.3 is 4.74 Å². The third-order valence-electron chi connectivity index (χ3n) is 2.58. The Morgan fingerprint density at radius 2 is 2.05 bits per heavy atom. The third kappa shape index (κ3) is 2.83. The Bertz CT molecular complexity index is 622. The lowest BCUT2D eigenvalue weighted by molar-refractivity contribution is 0.416. The van der Waals surface area contributed by atoms with Crippen LogP contribution in [-0.2, 0) is 0 Å². The summed E-state index contributed by atoms with van der Waals surface area (Å²) in [5, 5.41) is 16.9. The summed E-state index contributed by atoms with van der Waals surface area (Å²) >= 11 is 3.42. The molecule has 2 rings (SSSR count). The minimum Gasteiger partial charge on any atom is -0.496 e. The highest BCUT2D eigenvalue weighted by Gasteiger charge is 2.09. The van der Waals surface area contributed by atoms with E-state index in [1.54, 1.807) is 26.3 Å². The lowest BCUT2D eigenvalue weighted by Gasteiger charge is -2.10. The minimum absolute atomic E-state index is 0.500. The fourth-order valence-corrected chi connectivity index (χ4v) is 1.94. The Labute approximate surface area is 119 Å². The van der Waals surface area contributed by atoms with Crippen LogP contribution in [0.4, 0.5) is 5.82 Å². The number of benzene rings is 1. The number of rotatable bonds is 3. The Balaban J connectivity index is 2.43. The lowest BCUT2D eigenvalue weighted by atomic mass is 10.1. The number of hydrogen-bond acceptors (Lipinski definition) is 5. The van der Waals surface area contributed by atoms with Crippen molar-refractivity contribution < 1.29 is 4.74 Å². The van der Waals surface area contributed by atoms with Gasteiger partial charge in [0.25, 0.3) is 0 Å². The predicted octanol–water partition coefficient (Wildman–Crippen LogP) is 2.83. The van der Waals surface area contributed by atoms with Gasteiger partial charge in [0, 0.05) is 17.1 Å². The molecule has 0 bridgehead atoms. The summed E-state index contributed by atoms with van der Waals surface area (Å²) in [7, 11) is 3.24. The van der Waals surface area contributed by atoms with E-state index in [0.29, 0.717) is 11.5 Å². The molecule has 1 aromatic heterocycles. The van der Waals surface area contributed by atoms with Gasteiger partial charge in [-0.2, -0.15) is 5.26 Å². The molecule has 1 aromatic carbocycles. The van der Waals surface area contributed by atoms with E-state index in [0.717, 1.165) is 15.8 Å². The maximum atomic E-state index is 8.78. The van der Waals surface area contributed by atoms with Crippen molar-refractivity contribution in [1.29, 1.82) is 5.26 Å². The Morgan fingerprint density at radius 3 is 2.63 bits per heavy atom. The van der Waals surface area contributed by atoms with Crippen molar-refractivity contribution in [2.45, 2.75) is 0 Å². The Kier molecular flexibility index (Phi) is 3.97. The van der Waals surface area contributed by atoms with Gasteiger partial charge in [0.1, 0.15) is 5.75 Å². The maximum Gasteiger partial charge on any atom is 0.185 e. The van der Waals surface area contributed by atoms with E-state index in [4.69, 9.17) is 10.00 Å². The molecular weight excluding hydrogens is 308 g/mol. The monoisotopic (exact) mass is 318 g/mol. The number of methoxy groups -OCH3 is 1. The van der Waals surface area contributed by atoms with Crippen molar-refractivity contribution in [1.82, 2.24) is 10.2 Å². The van der Waals surface area contributed by atoms with Crippen LogP contribution < -0.4 is 9.64 Å². The summed E-state index contributed by atoms with van der Waals surface area (Å²) < 4.78 is 6.24. The number of ether oxygens (including phenoxy) is 1. The number of halogens is 1. The van der Waals surface area contributed by atoms with Gasteiger partial charge in [0.2, 0.25) is 0 Å². The molecular formula is C13H11BrN4O. The van der Waals surface area contributed by atoms with E-state index in [-0.39, 0.29) is 0 Å². The van der Waals surface area contributed by atoms with Gasteiger partial charge in [-0.3, -0.25) is 4.90 Å². The second-order valence-electron chi connectivity index (χ2n) is 3.78. The smallest absolute Gasteiger partial charge is 0.185 e. The first kappa shape index (κ1) is 13.3. The molecule has 0 saturated carbocycles. The molecule has 0 fully saturated rings. The quantitative estimate of drug-likeness (QED) is 0.643. The third-order valence-corrected chi connectivity index (χ3v) is 3.07. The average Bonchev–Trinajstić information content (AvgIpc) is 2.46. The van der Waals surface area contributed by atoms with E-state index >= 15 is 0 Å². The molecule has 0 unspecified atom stereocenters. The number of anilines is 1. The summed E-state index contributed by atoms with van der Waals surface area (Å²) in [5.41, 5.74) is 1.53. The van der Waals surface area contributed by atoms with Gasteiger partial charge in [-0.05, 0) is 30.3 Å². The van der Waals surface area contributed by atoms with Crippen LogP contribution >= 0.6 is 15.9 Å². The number of aromatic nitrogens is 2. The highest BCUT2D eigenvalue weighted by atomic mass is 79.9. The molecule has 5 nitrogen and oxygen atoms in total. The number of hydrogen-bond donors (Lipinski definition) is 0. The first-order valence-corrected chi connectivity index (χ1v) is 6.26. The van der Waals surface area contributed by atoms with Crippen LogP contribution in [0.2, 0.25) is 0 Å². The SMILES string of the molecule is COc1ccc(Br)cc1-c1ccc(N(C)C#N)nn1. The molecule has 0 aliphatic rings. The standard InChI is InChI=1S/C13H11BrN4O/c1-18(8-15)13-6-4-11(16-17-13)10-7-9(14)3-5-12(10)19-2/h3-7H,1-2H3. The van der Waals surface area contributed by atoms with Crippen molar-refractivity contribution >= 4 is 21.7 Å². The molecule has 0 spiro atoms. The van der Waals surface area contributed by atoms with Gasteiger partial charge in [-0.25, -0.2) is 0 Å². The van der Waals surface area contributed by atoms with Gasteiger partial charge >= 0.3 is 0 Å². The summed E-state index contributed by atoms with van der Waals surface area (Å²) in [6.45, 7) is 0. The highest BCUT2D eigenvalue weighted by Crippen LogP contribution is 2.31. The largest absolute Gasteiger partial charge is 0.496 e. The second-order valence-corrected chi connectivity index (χ2v) is 4.70. The van der Waals surface area contributed by atoms with Crippen LogP contribution in [0.1, 0.15) is 0 Å². The summed E-state index contributed by atoms with van der Waals surface area (Å²) in [5.74, 6) is 1.22. The summed E-state index contributed by atoms with van der Waals surface area (Å²) in [6, 6.07) is 9.22. The first-order chi connectivity index (χ1) is 9.15. The average molecular weight is 319 g/mol. The molecule has 0 aliphatic carbocycles. The minimum atomic E-state index is 0.500. The molecule has 1 heterocycles. The second kappa shape index (κ2) is 5.67. The molecule has 2 aromatic rings. The van der Waals surface area contributed by atoms with Crippen LogP contribution in [0.15, 0.2) is 34.8 Å². The Morgan fingerprint density at radius 1 is 1.26 bits per heavy atom. The van der Waals surface area contributed by atoms with E-state index in [1.165, 1.54) is 4.90 Å². The summed E-state index contributed by atoms with van der Waals surface area (Å²) in [4.78, 5) is 1.34. The summed E-state index contributed by atoms with van der Waals surface area (Å²) in [6.07, 6.45) is 1.97. The van der Waals surface area contributed by atoms with Gasteiger partial charge in [0.05, 0.1) is 12.8 Å². The van der Waals surface area contributed by atoms with Crippen LogP contribution in [-0.4, -0.2) is 24.4 Å². The zero-order chi connectivity index (χ0) is 13.8. The Hall–Kier alpha value is -2.13. The van der Waals surface area contributed by atoms with Crippen LogP contribution in [0.3, 0.4) is 0 Å². The molecule has 0 N–H and O–H groups in total. The predicted molar refractivity (Wildman–Crippen MR) is 75.7 cm³/mol. The van der Waals surface area contributed by atoms with Crippen molar-refractivity contribution in [3.8, 4) is 23.2 Å². The molecule has 0 radical (unpaired) electrons. The topological polar surface area (TPSA) is 62.0 Å². The van der Waals surface area contributed by atoms with Gasteiger partial charge in [-0.15, -0.1) is 10.2 Å². The van der Waals surface area contributed by atoms with Crippen LogP contribution in [0.5, 0.6) is 5.75 Å². The van der Waals surface area contributed by atoms with Crippen molar-refractivity contribution in [3.63, 3.8) is 0 Å². The van der Waals surface area contributed by atoms with Gasteiger partial charge in [0.15, 0.2) is 12.0 Å².